The average Bonchev–Trinajstić information content (AvgIpc) is 2.76. The van der Waals surface area contributed by atoms with Gasteiger partial charge in [-0.3, -0.25) is 9.59 Å². The van der Waals surface area contributed by atoms with Crippen LogP contribution in [-0.4, -0.2) is 55.8 Å². The zero-order valence-corrected chi connectivity index (χ0v) is 17.4. The Kier molecular flexibility index (Phi) is 7.57. The summed E-state index contributed by atoms with van der Waals surface area (Å²) in [6.07, 6.45) is -4.39. The van der Waals surface area contributed by atoms with Crippen molar-refractivity contribution in [3.63, 3.8) is 0 Å². The van der Waals surface area contributed by atoms with Crippen LogP contribution in [0.5, 0.6) is 11.5 Å². The van der Waals surface area contributed by atoms with Gasteiger partial charge in [0.25, 0.3) is 5.91 Å². The van der Waals surface area contributed by atoms with Gasteiger partial charge in [-0.2, -0.15) is 13.2 Å². The average molecular weight is 452 g/mol. The number of likely N-dealkylation sites (N-methyl/N-ethyl adjacent to an activating group) is 1. The molecule has 1 aliphatic heterocycles. The number of halogens is 3. The second-order valence-electron chi connectivity index (χ2n) is 7.03. The van der Waals surface area contributed by atoms with Crippen molar-refractivity contribution in [2.24, 2.45) is 0 Å². The molecule has 1 aliphatic rings. The van der Waals surface area contributed by atoms with Crippen LogP contribution in [0.25, 0.3) is 0 Å². The van der Waals surface area contributed by atoms with Gasteiger partial charge in [0.05, 0.1) is 6.61 Å². The van der Waals surface area contributed by atoms with E-state index in [1.165, 1.54) is 29.2 Å². The molecule has 2 aromatic rings. The molecule has 0 saturated carbocycles. The van der Waals surface area contributed by atoms with Gasteiger partial charge in [0.2, 0.25) is 5.91 Å². The van der Waals surface area contributed by atoms with E-state index < -0.39 is 12.8 Å². The molecule has 0 spiro atoms. The Morgan fingerprint density at radius 2 is 1.75 bits per heavy atom. The zero-order chi connectivity index (χ0) is 23.1. The normalized spacial score (nSPS) is 12.9. The van der Waals surface area contributed by atoms with E-state index in [1.54, 1.807) is 25.1 Å². The third kappa shape index (κ3) is 6.61. The maximum atomic E-state index is 12.7. The van der Waals surface area contributed by atoms with Gasteiger partial charge < -0.3 is 24.4 Å². The van der Waals surface area contributed by atoms with Gasteiger partial charge in [-0.15, -0.1) is 0 Å². The molecule has 0 saturated heterocycles. The molecule has 1 heterocycles. The molecule has 0 bridgehead atoms. The van der Waals surface area contributed by atoms with E-state index in [2.05, 4.69) is 10.1 Å². The molecule has 172 valence electrons. The van der Waals surface area contributed by atoms with E-state index >= 15 is 0 Å². The van der Waals surface area contributed by atoms with E-state index in [4.69, 9.17) is 9.47 Å². The third-order valence-electron chi connectivity index (χ3n) is 4.56. The first kappa shape index (κ1) is 23.4. The number of carbonyl (C=O) groups excluding carboxylic acids is 2. The Bertz CT molecular complexity index is 948. The summed E-state index contributed by atoms with van der Waals surface area (Å²) in [7, 11) is 0. The maximum Gasteiger partial charge on any atom is 0.411 e. The smallest absolute Gasteiger partial charge is 0.411 e. The highest BCUT2D eigenvalue weighted by Gasteiger charge is 2.27. The van der Waals surface area contributed by atoms with Crippen molar-refractivity contribution in [2.45, 2.75) is 19.7 Å². The molecule has 0 aliphatic carbocycles. The summed E-state index contributed by atoms with van der Waals surface area (Å²) in [4.78, 5) is 26.6. The molecule has 0 radical (unpaired) electrons. The van der Waals surface area contributed by atoms with E-state index in [1.807, 2.05) is 0 Å². The van der Waals surface area contributed by atoms with Crippen LogP contribution in [0.2, 0.25) is 0 Å². The molecule has 3 rings (SSSR count). The summed E-state index contributed by atoms with van der Waals surface area (Å²) >= 11 is 0. The van der Waals surface area contributed by atoms with Crippen molar-refractivity contribution in [3.05, 3.63) is 53.6 Å². The fraction of sp³-hybridized carbons (Fsp3) is 0.364. The first-order chi connectivity index (χ1) is 15.2. The first-order valence-electron chi connectivity index (χ1n) is 9.97. The highest BCUT2D eigenvalue weighted by atomic mass is 19.4. The van der Waals surface area contributed by atoms with Crippen molar-refractivity contribution in [2.75, 3.05) is 38.2 Å². The Hall–Kier alpha value is -3.27. The molecule has 32 heavy (non-hydrogen) atoms. The standard InChI is InChI=1S/C22H23F3N2O5/c1-2-27(12-20(28)26-17-7-8-18-19(11-17)32-10-9-31-18)21(29)16-5-3-15(4-6-16)13-30-14-22(23,24)25/h3-8,11H,2,9-10,12-14H2,1H3,(H,26,28). The van der Waals surface area contributed by atoms with E-state index in [0.29, 0.717) is 48.1 Å². The topological polar surface area (TPSA) is 77.1 Å². The lowest BCUT2D eigenvalue weighted by atomic mass is 10.1. The van der Waals surface area contributed by atoms with Crippen LogP contribution in [0.1, 0.15) is 22.8 Å². The minimum atomic E-state index is -4.39. The van der Waals surface area contributed by atoms with Crippen LogP contribution in [0, 0.1) is 0 Å². The number of benzene rings is 2. The van der Waals surface area contributed by atoms with E-state index in [0.717, 1.165) is 0 Å². The number of anilines is 1. The van der Waals surface area contributed by atoms with Crippen molar-refractivity contribution in [1.82, 2.24) is 4.90 Å². The molecule has 0 unspecified atom stereocenters. The molecule has 2 amide bonds. The van der Waals surface area contributed by atoms with Gasteiger partial charge in [0, 0.05) is 23.9 Å². The summed E-state index contributed by atoms with van der Waals surface area (Å²) in [6.45, 7) is 1.21. The number of carbonyl (C=O) groups is 2. The summed E-state index contributed by atoms with van der Waals surface area (Å²) in [5.74, 6) is 0.394. The number of hydrogen-bond acceptors (Lipinski definition) is 5. The molecule has 7 nitrogen and oxygen atoms in total. The number of fused-ring (bicyclic) bond motifs is 1. The van der Waals surface area contributed by atoms with Gasteiger partial charge >= 0.3 is 6.18 Å². The number of ether oxygens (including phenoxy) is 3. The number of hydrogen-bond donors (Lipinski definition) is 1. The van der Waals surface area contributed by atoms with Gasteiger partial charge in [-0.1, -0.05) is 12.1 Å². The number of nitrogens with one attached hydrogen (secondary N) is 1. The minimum absolute atomic E-state index is 0.166. The second-order valence-corrected chi connectivity index (χ2v) is 7.03. The number of rotatable bonds is 8. The predicted octanol–water partition coefficient (Wildman–Crippen LogP) is 3.64. The summed E-state index contributed by atoms with van der Waals surface area (Å²) in [5, 5.41) is 2.73. The van der Waals surface area contributed by atoms with Crippen LogP contribution in [0.4, 0.5) is 18.9 Å². The molecule has 0 fully saturated rings. The number of nitrogens with zero attached hydrogens (tertiary/aromatic N) is 1. The molecule has 0 atom stereocenters. The van der Waals surface area contributed by atoms with Crippen molar-refractivity contribution in [3.8, 4) is 11.5 Å². The minimum Gasteiger partial charge on any atom is -0.486 e. The molecule has 0 aromatic heterocycles. The van der Waals surface area contributed by atoms with Crippen LogP contribution < -0.4 is 14.8 Å². The highest BCUT2D eigenvalue weighted by Crippen LogP contribution is 2.32. The number of amides is 2. The Balaban J connectivity index is 1.55. The fourth-order valence-corrected chi connectivity index (χ4v) is 3.03. The fourth-order valence-electron chi connectivity index (χ4n) is 3.03. The molecule has 2 aromatic carbocycles. The van der Waals surface area contributed by atoms with Crippen LogP contribution in [0.3, 0.4) is 0 Å². The van der Waals surface area contributed by atoms with Crippen molar-refractivity contribution >= 4 is 17.5 Å². The molecular weight excluding hydrogens is 429 g/mol. The monoisotopic (exact) mass is 452 g/mol. The quantitative estimate of drug-likeness (QED) is 0.662. The summed E-state index contributed by atoms with van der Waals surface area (Å²) < 4.78 is 52.0. The molecular formula is C22H23F3N2O5. The summed E-state index contributed by atoms with van der Waals surface area (Å²) in [5.41, 5.74) is 1.34. The zero-order valence-electron chi connectivity index (χ0n) is 17.4. The molecule has 10 heteroatoms. The SMILES string of the molecule is CCN(CC(=O)Nc1ccc2c(c1)OCCO2)C(=O)c1ccc(COCC(F)(F)F)cc1. The van der Waals surface area contributed by atoms with Gasteiger partial charge in [0.15, 0.2) is 11.5 Å². The lowest BCUT2D eigenvalue weighted by Crippen LogP contribution is -2.37. The third-order valence-corrected chi connectivity index (χ3v) is 4.56. The van der Waals surface area contributed by atoms with Crippen molar-refractivity contribution in [1.29, 1.82) is 0 Å². The van der Waals surface area contributed by atoms with Gasteiger partial charge in [0.1, 0.15) is 26.4 Å². The Labute approximate surface area is 183 Å². The van der Waals surface area contributed by atoms with E-state index in [-0.39, 0.29) is 25.0 Å². The first-order valence-corrected chi connectivity index (χ1v) is 9.97. The lowest BCUT2D eigenvalue weighted by Gasteiger charge is -2.21. The summed E-state index contributed by atoms with van der Waals surface area (Å²) in [6, 6.07) is 11.1. The largest absolute Gasteiger partial charge is 0.486 e. The lowest BCUT2D eigenvalue weighted by molar-refractivity contribution is -0.176. The maximum absolute atomic E-state index is 12.7. The van der Waals surface area contributed by atoms with Gasteiger partial charge in [-0.05, 0) is 36.8 Å². The predicted molar refractivity (Wildman–Crippen MR) is 110 cm³/mol. The van der Waals surface area contributed by atoms with Crippen LogP contribution >= 0.6 is 0 Å². The molecule has 1 N–H and O–H groups in total. The van der Waals surface area contributed by atoms with Crippen molar-refractivity contribution < 1.29 is 37.0 Å². The highest BCUT2D eigenvalue weighted by molar-refractivity contribution is 5.99. The Morgan fingerprint density at radius 1 is 1.06 bits per heavy atom. The van der Waals surface area contributed by atoms with Crippen LogP contribution in [0.15, 0.2) is 42.5 Å². The Morgan fingerprint density at radius 3 is 2.41 bits per heavy atom. The van der Waals surface area contributed by atoms with Gasteiger partial charge in [-0.25, -0.2) is 0 Å². The number of alkyl halides is 3. The van der Waals surface area contributed by atoms with E-state index in [9.17, 15) is 22.8 Å². The van der Waals surface area contributed by atoms with Crippen LogP contribution in [-0.2, 0) is 16.1 Å². The second kappa shape index (κ2) is 10.4.